The molecule has 0 aliphatic carbocycles. The molecule has 1 unspecified atom stereocenters. The van der Waals surface area contributed by atoms with Crippen molar-refractivity contribution < 1.29 is 9.90 Å². The van der Waals surface area contributed by atoms with E-state index in [1.807, 2.05) is 0 Å². The molecule has 1 saturated heterocycles. The standard InChI is InChI=1S/C4H6NO2/c6-3-1-2-5-4(3)7/h2-3,6H,1H2,(H,5,7). The van der Waals surface area contributed by atoms with Crippen LogP contribution in [0.4, 0.5) is 0 Å². The van der Waals surface area contributed by atoms with Gasteiger partial charge in [0.05, 0.1) is 6.54 Å². The maximum absolute atomic E-state index is 10.2. The molecule has 1 rings (SSSR count). The molecule has 1 aliphatic rings. The monoisotopic (exact) mass is 100 g/mol. The molecule has 7 heavy (non-hydrogen) atoms. The fourth-order valence-corrected chi connectivity index (χ4v) is 0.474. The summed E-state index contributed by atoms with van der Waals surface area (Å²) in [6.45, 7) is 1.55. The maximum atomic E-state index is 10.2. The lowest BCUT2D eigenvalue weighted by atomic mass is 10.3. The minimum atomic E-state index is -0.792. The molecule has 0 aromatic carbocycles. The summed E-state index contributed by atoms with van der Waals surface area (Å²) in [7, 11) is 0. The van der Waals surface area contributed by atoms with Gasteiger partial charge < -0.3 is 10.4 Å². The van der Waals surface area contributed by atoms with E-state index in [1.165, 1.54) is 0 Å². The van der Waals surface area contributed by atoms with Crippen LogP contribution >= 0.6 is 0 Å². The van der Waals surface area contributed by atoms with Crippen LogP contribution in [0, 0.1) is 6.54 Å². The molecule has 0 bridgehead atoms. The summed E-state index contributed by atoms with van der Waals surface area (Å²) in [5, 5.41) is 10.9. The number of hydrogen-bond donors (Lipinski definition) is 2. The van der Waals surface area contributed by atoms with Crippen LogP contribution in [0.15, 0.2) is 0 Å². The Balaban J connectivity index is 2.48. The van der Waals surface area contributed by atoms with Crippen molar-refractivity contribution in [3.05, 3.63) is 6.54 Å². The number of hydrogen-bond acceptors (Lipinski definition) is 2. The Morgan fingerprint density at radius 2 is 2.71 bits per heavy atom. The van der Waals surface area contributed by atoms with Crippen LogP contribution in [0.3, 0.4) is 0 Å². The van der Waals surface area contributed by atoms with Crippen LogP contribution in [-0.2, 0) is 4.79 Å². The Morgan fingerprint density at radius 3 is 2.86 bits per heavy atom. The fraction of sp³-hybridized carbons (Fsp3) is 0.500. The number of aliphatic hydroxyl groups excluding tert-OH is 1. The maximum Gasteiger partial charge on any atom is 0.249 e. The highest BCUT2D eigenvalue weighted by Crippen LogP contribution is 2.00. The van der Waals surface area contributed by atoms with Gasteiger partial charge in [-0.2, -0.15) is 0 Å². The average molecular weight is 100 g/mol. The Kier molecular flexibility index (Phi) is 0.982. The van der Waals surface area contributed by atoms with Gasteiger partial charge in [-0.05, 0) is 0 Å². The Labute approximate surface area is 41.3 Å². The smallest absolute Gasteiger partial charge is 0.249 e. The van der Waals surface area contributed by atoms with Crippen LogP contribution in [0.5, 0.6) is 0 Å². The Hall–Kier alpha value is -0.570. The zero-order valence-corrected chi connectivity index (χ0v) is 3.72. The van der Waals surface area contributed by atoms with E-state index in [1.54, 1.807) is 6.54 Å². The average Bonchev–Trinajstić information content (AvgIpc) is 1.91. The van der Waals surface area contributed by atoms with E-state index in [-0.39, 0.29) is 5.91 Å². The number of aliphatic hydroxyl groups is 1. The third-order valence-corrected chi connectivity index (χ3v) is 0.888. The minimum absolute atomic E-state index is 0.292. The molecule has 39 valence electrons. The zero-order chi connectivity index (χ0) is 5.28. The van der Waals surface area contributed by atoms with Gasteiger partial charge in [0.15, 0.2) is 0 Å². The second-order valence-electron chi connectivity index (χ2n) is 1.46. The van der Waals surface area contributed by atoms with Crippen LogP contribution < -0.4 is 5.32 Å². The lowest BCUT2D eigenvalue weighted by Gasteiger charge is -1.89. The van der Waals surface area contributed by atoms with Crippen LogP contribution in [-0.4, -0.2) is 17.1 Å². The first-order chi connectivity index (χ1) is 3.30. The first-order valence-electron chi connectivity index (χ1n) is 2.11. The molecule has 1 heterocycles. The van der Waals surface area contributed by atoms with Crippen molar-refractivity contribution in [2.45, 2.75) is 12.5 Å². The summed E-state index contributed by atoms with van der Waals surface area (Å²) in [6, 6.07) is 0. The van der Waals surface area contributed by atoms with Crippen molar-refractivity contribution in [1.82, 2.24) is 5.32 Å². The van der Waals surface area contributed by atoms with E-state index >= 15 is 0 Å². The van der Waals surface area contributed by atoms with Gasteiger partial charge in [0, 0.05) is 6.42 Å². The van der Waals surface area contributed by atoms with Crippen molar-refractivity contribution >= 4 is 5.91 Å². The van der Waals surface area contributed by atoms with E-state index in [2.05, 4.69) is 5.32 Å². The molecule has 1 radical (unpaired) electrons. The number of carbonyl (C=O) groups excluding carboxylic acids is 1. The molecule has 1 aliphatic heterocycles. The summed E-state index contributed by atoms with van der Waals surface area (Å²) in [6.07, 6.45) is -0.348. The summed E-state index contributed by atoms with van der Waals surface area (Å²) in [5.74, 6) is -0.292. The third kappa shape index (κ3) is 0.718. The predicted molar refractivity (Wildman–Crippen MR) is 23.1 cm³/mol. The summed E-state index contributed by atoms with van der Waals surface area (Å²) in [5.41, 5.74) is 0. The van der Waals surface area contributed by atoms with Crippen molar-refractivity contribution in [3.63, 3.8) is 0 Å². The SMILES string of the molecule is O=C1N[CH]CC1O. The van der Waals surface area contributed by atoms with E-state index in [4.69, 9.17) is 5.11 Å². The molecule has 0 aromatic heterocycles. The first kappa shape index (κ1) is 4.59. The fourth-order valence-electron chi connectivity index (χ4n) is 0.474. The summed E-state index contributed by atoms with van der Waals surface area (Å²) >= 11 is 0. The molecule has 0 aromatic rings. The third-order valence-electron chi connectivity index (χ3n) is 0.888. The number of nitrogens with one attached hydrogen (secondary N) is 1. The highest BCUT2D eigenvalue weighted by molar-refractivity contribution is 5.83. The molecule has 0 spiro atoms. The lowest BCUT2D eigenvalue weighted by Crippen LogP contribution is -2.21. The van der Waals surface area contributed by atoms with Gasteiger partial charge in [-0.15, -0.1) is 0 Å². The van der Waals surface area contributed by atoms with Crippen LogP contribution in [0.2, 0.25) is 0 Å². The quantitative estimate of drug-likeness (QED) is 0.411. The molecule has 1 fully saturated rings. The lowest BCUT2D eigenvalue weighted by molar-refractivity contribution is -0.125. The van der Waals surface area contributed by atoms with Gasteiger partial charge in [-0.25, -0.2) is 0 Å². The zero-order valence-electron chi connectivity index (χ0n) is 3.72. The highest BCUT2D eigenvalue weighted by Gasteiger charge is 2.20. The van der Waals surface area contributed by atoms with Crippen LogP contribution in [0.25, 0.3) is 0 Å². The van der Waals surface area contributed by atoms with E-state index in [9.17, 15) is 4.79 Å². The normalized spacial score (nSPS) is 30.4. The molecular formula is C4H6NO2. The van der Waals surface area contributed by atoms with Gasteiger partial charge in [-0.1, -0.05) is 0 Å². The van der Waals surface area contributed by atoms with E-state index in [0.717, 1.165) is 0 Å². The molecule has 0 saturated carbocycles. The Bertz CT molecular complexity index is 91.7. The number of amides is 1. The van der Waals surface area contributed by atoms with Gasteiger partial charge in [-0.3, -0.25) is 4.79 Å². The van der Waals surface area contributed by atoms with Gasteiger partial charge in [0.1, 0.15) is 6.10 Å². The first-order valence-corrected chi connectivity index (χ1v) is 2.11. The van der Waals surface area contributed by atoms with Crippen LogP contribution in [0.1, 0.15) is 6.42 Å². The van der Waals surface area contributed by atoms with Gasteiger partial charge in [0.25, 0.3) is 0 Å². The van der Waals surface area contributed by atoms with E-state index in [0.29, 0.717) is 6.42 Å². The molecule has 3 heteroatoms. The second-order valence-corrected chi connectivity index (χ2v) is 1.46. The predicted octanol–water partition coefficient (Wildman–Crippen LogP) is -0.971. The highest BCUT2D eigenvalue weighted by atomic mass is 16.3. The summed E-state index contributed by atoms with van der Waals surface area (Å²) < 4.78 is 0. The van der Waals surface area contributed by atoms with Crippen molar-refractivity contribution in [2.75, 3.05) is 0 Å². The molecule has 3 nitrogen and oxygen atoms in total. The molecular weight excluding hydrogens is 94.0 g/mol. The van der Waals surface area contributed by atoms with Crippen molar-refractivity contribution in [1.29, 1.82) is 0 Å². The summed E-state index contributed by atoms with van der Waals surface area (Å²) in [4.78, 5) is 10.2. The van der Waals surface area contributed by atoms with Crippen molar-refractivity contribution in [2.24, 2.45) is 0 Å². The van der Waals surface area contributed by atoms with Gasteiger partial charge >= 0.3 is 0 Å². The second kappa shape index (κ2) is 1.50. The topological polar surface area (TPSA) is 49.3 Å². The van der Waals surface area contributed by atoms with E-state index < -0.39 is 6.10 Å². The molecule has 1 amide bonds. The minimum Gasteiger partial charge on any atom is -0.383 e. The largest absolute Gasteiger partial charge is 0.383 e. The Morgan fingerprint density at radius 1 is 2.00 bits per heavy atom. The number of carbonyl (C=O) groups is 1. The van der Waals surface area contributed by atoms with Gasteiger partial charge in [0.2, 0.25) is 5.91 Å². The van der Waals surface area contributed by atoms with Crippen molar-refractivity contribution in [3.8, 4) is 0 Å². The molecule has 2 N–H and O–H groups in total. The molecule has 1 atom stereocenters. The number of rotatable bonds is 0.